The Kier molecular flexibility index (Phi) is 2.86. The lowest BCUT2D eigenvalue weighted by atomic mass is 10.1. The van der Waals surface area contributed by atoms with Gasteiger partial charge in [-0.2, -0.15) is 0 Å². The molecule has 0 aliphatic rings. The number of carbonyl (C=O) groups excluding carboxylic acids is 1. The second-order valence-corrected chi connectivity index (χ2v) is 2.81. The molecule has 0 saturated carbocycles. The van der Waals surface area contributed by atoms with Crippen LogP contribution in [0.1, 0.15) is 34.1 Å². The first-order valence-corrected chi connectivity index (χ1v) is 4.15. The number of carboxylic acids is 1. The van der Waals surface area contributed by atoms with E-state index in [1.165, 1.54) is 18.2 Å². The minimum Gasteiger partial charge on any atom is -0.507 e. The summed E-state index contributed by atoms with van der Waals surface area (Å²) in [7, 11) is 0. The van der Waals surface area contributed by atoms with E-state index in [9.17, 15) is 9.59 Å². The molecular weight excluding hydrogens is 184 g/mol. The van der Waals surface area contributed by atoms with Crippen LogP contribution in [0.2, 0.25) is 0 Å². The van der Waals surface area contributed by atoms with Crippen LogP contribution in [0, 0.1) is 0 Å². The van der Waals surface area contributed by atoms with Crippen LogP contribution in [0.5, 0.6) is 5.75 Å². The van der Waals surface area contributed by atoms with Gasteiger partial charge in [-0.1, -0.05) is 6.92 Å². The molecule has 0 fully saturated rings. The van der Waals surface area contributed by atoms with Gasteiger partial charge in [0.2, 0.25) is 0 Å². The zero-order valence-corrected chi connectivity index (χ0v) is 7.65. The maximum atomic E-state index is 11.2. The third-order valence-corrected chi connectivity index (χ3v) is 1.87. The molecule has 1 aromatic carbocycles. The van der Waals surface area contributed by atoms with Crippen molar-refractivity contribution in [3.8, 4) is 5.75 Å². The number of phenols is 1. The Balaban J connectivity index is 3.19. The summed E-state index contributed by atoms with van der Waals surface area (Å²) < 4.78 is 0. The van der Waals surface area contributed by atoms with Crippen molar-refractivity contribution in [2.45, 2.75) is 13.3 Å². The lowest BCUT2D eigenvalue weighted by Crippen LogP contribution is -2.02. The summed E-state index contributed by atoms with van der Waals surface area (Å²) in [6, 6.07) is 3.81. The number of hydrogen-bond acceptors (Lipinski definition) is 3. The lowest BCUT2D eigenvalue weighted by molar-refractivity contribution is 0.0693. The van der Waals surface area contributed by atoms with E-state index in [0.29, 0.717) is 12.0 Å². The summed E-state index contributed by atoms with van der Waals surface area (Å²) in [5.41, 5.74) is 0.0620. The first-order valence-electron chi connectivity index (χ1n) is 4.15. The quantitative estimate of drug-likeness (QED) is 0.718. The predicted octanol–water partition coefficient (Wildman–Crippen LogP) is 1.68. The van der Waals surface area contributed by atoms with Gasteiger partial charge < -0.3 is 10.2 Å². The van der Waals surface area contributed by atoms with Crippen molar-refractivity contribution in [2.24, 2.45) is 0 Å². The van der Waals surface area contributed by atoms with E-state index in [-0.39, 0.29) is 17.1 Å². The molecule has 74 valence electrons. The molecule has 2 N–H and O–H groups in total. The average molecular weight is 194 g/mol. The highest BCUT2D eigenvalue weighted by molar-refractivity contribution is 5.99. The zero-order valence-electron chi connectivity index (χ0n) is 7.65. The third kappa shape index (κ3) is 1.90. The standard InChI is InChI=1S/C10H10O4/c1-2-8(11)6-3-4-9(12)7(5-6)10(13)14/h3-5,12H,2H2,1H3,(H,13,14). The molecule has 1 rings (SSSR count). The summed E-state index contributed by atoms with van der Waals surface area (Å²) in [5.74, 6) is -1.72. The van der Waals surface area contributed by atoms with E-state index in [1.54, 1.807) is 6.92 Å². The molecule has 0 spiro atoms. The molecule has 0 amide bonds. The zero-order chi connectivity index (χ0) is 10.7. The molecule has 0 unspecified atom stereocenters. The van der Waals surface area contributed by atoms with Crippen molar-refractivity contribution in [1.82, 2.24) is 0 Å². The summed E-state index contributed by atoms with van der Waals surface area (Å²) >= 11 is 0. The molecule has 0 saturated heterocycles. The predicted molar refractivity (Wildman–Crippen MR) is 49.7 cm³/mol. The van der Waals surface area contributed by atoms with Gasteiger partial charge in [-0.3, -0.25) is 4.79 Å². The van der Waals surface area contributed by atoms with Crippen molar-refractivity contribution < 1.29 is 19.8 Å². The average Bonchev–Trinajstić information content (AvgIpc) is 2.17. The number of Topliss-reactive ketones (excluding diaryl/α,β-unsaturated/α-hetero) is 1. The fourth-order valence-corrected chi connectivity index (χ4v) is 1.08. The van der Waals surface area contributed by atoms with Gasteiger partial charge in [0.25, 0.3) is 0 Å². The number of benzene rings is 1. The summed E-state index contributed by atoms with van der Waals surface area (Å²) in [6.45, 7) is 1.69. The Morgan fingerprint density at radius 1 is 1.36 bits per heavy atom. The van der Waals surface area contributed by atoms with Crippen LogP contribution in [0.3, 0.4) is 0 Å². The molecule has 0 aliphatic carbocycles. The van der Waals surface area contributed by atoms with Crippen LogP contribution < -0.4 is 0 Å². The number of rotatable bonds is 3. The normalized spacial score (nSPS) is 9.79. The molecule has 0 heterocycles. The topological polar surface area (TPSA) is 74.6 Å². The molecule has 1 aromatic rings. The fourth-order valence-electron chi connectivity index (χ4n) is 1.08. The number of hydrogen-bond donors (Lipinski definition) is 2. The summed E-state index contributed by atoms with van der Waals surface area (Å²) in [5, 5.41) is 17.8. The van der Waals surface area contributed by atoms with Crippen LogP contribution in [-0.2, 0) is 0 Å². The fraction of sp³-hybridized carbons (Fsp3) is 0.200. The number of ketones is 1. The third-order valence-electron chi connectivity index (χ3n) is 1.87. The SMILES string of the molecule is CCC(=O)c1ccc(O)c(C(=O)O)c1. The van der Waals surface area contributed by atoms with E-state index in [4.69, 9.17) is 10.2 Å². The van der Waals surface area contributed by atoms with E-state index < -0.39 is 5.97 Å². The van der Waals surface area contributed by atoms with Gasteiger partial charge in [0.1, 0.15) is 11.3 Å². The van der Waals surface area contributed by atoms with Crippen molar-refractivity contribution in [1.29, 1.82) is 0 Å². The molecular formula is C10H10O4. The largest absolute Gasteiger partial charge is 0.507 e. The molecule has 0 bridgehead atoms. The molecule has 0 radical (unpaired) electrons. The lowest BCUT2D eigenvalue weighted by Gasteiger charge is -2.02. The molecule has 0 atom stereocenters. The molecule has 14 heavy (non-hydrogen) atoms. The molecule has 0 aliphatic heterocycles. The Labute approximate surface area is 80.8 Å². The smallest absolute Gasteiger partial charge is 0.339 e. The van der Waals surface area contributed by atoms with E-state index >= 15 is 0 Å². The van der Waals surface area contributed by atoms with Crippen LogP contribution >= 0.6 is 0 Å². The van der Waals surface area contributed by atoms with Gasteiger partial charge in [-0.15, -0.1) is 0 Å². The van der Waals surface area contributed by atoms with Gasteiger partial charge in [-0.05, 0) is 18.2 Å². The highest BCUT2D eigenvalue weighted by Crippen LogP contribution is 2.19. The van der Waals surface area contributed by atoms with Crippen molar-refractivity contribution in [3.05, 3.63) is 29.3 Å². The Hall–Kier alpha value is -1.84. The number of aromatic carboxylic acids is 1. The van der Waals surface area contributed by atoms with Gasteiger partial charge in [-0.25, -0.2) is 4.79 Å². The Morgan fingerprint density at radius 3 is 2.50 bits per heavy atom. The van der Waals surface area contributed by atoms with Crippen molar-refractivity contribution >= 4 is 11.8 Å². The minimum absolute atomic E-state index is 0.146. The van der Waals surface area contributed by atoms with E-state index in [2.05, 4.69) is 0 Å². The van der Waals surface area contributed by atoms with Crippen LogP contribution in [0.4, 0.5) is 0 Å². The Bertz CT molecular complexity index is 382. The van der Waals surface area contributed by atoms with Crippen molar-refractivity contribution in [2.75, 3.05) is 0 Å². The monoisotopic (exact) mass is 194 g/mol. The number of carboxylic acid groups (broad SMARTS) is 1. The second kappa shape index (κ2) is 3.91. The van der Waals surface area contributed by atoms with Crippen molar-refractivity contribution in [3.63, 3.8) is 0 Å². The van der Waals surface area contributed by atoms with Gasteiger partial charge in [0.05, 0.1) is 0 Å². The van der Waals surface area contributed by atoms with E-state index in [0.717, 1.165) is 0 Å². The van der Waals surface area contributed by atoms with Crippen LogP contribution in [-0.4, -0.2) is 22.0 Å². The Morgan fingerprint density at radius 2 is 2.00 bits per heavy atom. The maximum absolute atomic E-state index is 11.2. The van der Waals surface area contributed by atoms with Gasteiger partial charge in [0.15, 0.2) is 5.78 Å². The van der Waals surface area contributed by atoms with Gasteiger partial charge in [0, 0.05) is 12.0 Å². The molecule has 0 aromatic heterocycles. The highest BCUT2D eigenvalue weighted by Gasteiger charge is 2.12. The molecule has 4 nitrogen and oxygen atoms in total. The maximum Gasteiger partial charge on any atom is 0.339 e. The minimum atomic E-state index is -1.24. The van der Waals surface area contributed by atoms with E-state index in [1.807, 2.05) is 0 Å². The van der Waals surface area contributed by atoms with Crippen LogP contribution in [0.25, 0.3) is 0 Å². The summed E-state index contributed by atoms with van der Waals surface area (Å²) in [6.07, 6.45) is 0.309. The second-order valence-electron chi connectivity index (χ2n) is 2.81. The first kappa shape index (κ1) is 10.2. The highest BCUT2D eigenvalue weighted by atomic mass is 16.4. The van der Waals surface area contributed by atoms with Crippen LogP contribution in [0.15, 0.2) is 18.2 Å². The summed E-state index contributed by atoms with van der Waals surface area (Å²) in [4.78, 5) is 21.8. The van der Waals surface area contributed by atoms with Gasteiger partial charge >= 0.3 is 5.97 Å². The first-order chi connectivity index (χ1) is 6.56. The number of aromatic hydroxyl groups is 1. The molecule has 4 heteroatoms. The number of carbonyl (C=O) groups is 2.